The van der Waals surface area contributed by atoms with E-state index in [1.54, 1.807) is 11.3 Å². The topological polar surface area (TPSA) is 20.2 Å². The van der Waals surface area contributed by atoms with Gasteiger partial charge in [-0.15, -0.1) is 11.3 Å². The fraction of sp³-hybridized carbons (Fsp3) is 0.714. The molecule has 0 aromatic carbocycles. The van der Waals surface area contributed by atoms with Crippen LogP contribution in [0.3, 0.4) is 0 Å². The molecule has 1 saturated carbocycles. The van der Waals surface area contributed by atoms with Crippen LogP contribution in [0.15, 0.2) is 15.9 Å². The zero-order valence-electron chi connectivity index (χ0n) is 10.2. The molecular weight excluding hydrogens is 296 g/mol. The van der Waals surface area contributed by atoms with Crippen molar-refractivity contribution in [1.29, 1.82) is 0 Å². The lowest BCUT2D eigenvalue weighted by molar-refractivity contribution is 0.0919. The number of hydrogen-bond donors (Lipinski definition) is 1. The largest absolute Gasteiger partial charge is 0.392 e. The Labute approximate surface area is 116 Å². The summed E-state index contributed by atoms with van der Waals surface area (Å²) in [6, 6.07) is 2.07. The fourth-order valence-corrected chi connectivity index (χ4v) is 4.27. The van der Waals surface area contributed by atoms with E-state index in [-0.39, 0.29) is 6.10 Å². The normalized spacial score (nSPS) is 20.8. The Hall–Kier alpha value is 0.140. The van der Waals surface area contributed by atoms with Crippen molar-refractivity contribution in [2.45, 2.75) is 57.5 Å². The highest BCUT2D eigenvalue weighted by molar-refractivity contribution is 9.10. The minimum absolute atomic E-state index is 0.150. The second-order valence-electron chi connectivity index (χ2n) is 5.07. The van der Waals surface area contributed by atoms with Crippen molar-refractivity contribution in [2.75, 3.05) is 0 Å². The summed E-state index contributed by atoms with van der Waals surface area (Å²) in [6.45, 7) is 0. The maximum Gasteiger partial charge on any atom is 0.0616 e. The van der Waals surface area contributed by atoms with Gasteiger partial charge in [-0.3, -0.25) is 0 Å². The van der Waals surface area contributed by atoms with Gasteiger partial charge in [0.15, 0.2) is 0 Å². The zero-order valence-corrected chi connectivity index (χ0v) is 12.6. The molecule has 0 bridgehead atoms. The van der Waals surface area contributed by atoms with Crippen molar-refractivity contribution >= 4 is 27.3 Å². The Kier molecular flexibility index (Phi) is 5.51. The van der Waals surface area contributed by atoms with Crippen LogP contribution in [-0.4, -0.2) is 11.2 Å². The molecule has 1 atom stereocenters. The van der Waals surface area contributed by atoms with Crippen molar-refractivity contribution in [3.05, 3.63) is 20.8 Å². The van der Waals surface area contributed by atoms with Crippen LogP contribution in [0.2, 0.25) is 0 Å². The molecule has 1 aromatic heterocycles. The summed E-state index contributed by atoms with van der Waals surface area (Å²) in [5, 5.41) is 12.5. The van der Waals surface area contributed by atoms with Crippen molar-refractivity contribution < 1.29 is 5.11 Å². The van der Waals surface area contributed by atoms with Gasteiger partial charge < -0.3 is 5.11 Å². The number of halogens is 1. The molecule has 96 valence electrons. The fourth-order valence-electron chi connectivity index (χ4n) is 2.70. The van der Waals surface area contributed by atoms with Crippen LogP contribution in [0.1, 0.15) is 49.8 Å². The van der Waals surface area contributed by atoms with Gasteiger partial charge in [0.25, 0.3) is 0 Å². The number of hydrogen-bond acceptors (Lipinski definition) is 2. The molecule has 17 heavy (non-hydrogen) atoms. The van der Waals surface area contributed by atoms with Crippen LogP contribution in [0.25, 0.3) is 0 Å². The Morgan fingerprint density at radius 3 is 2.47 bits per heavy atom. The SMILES string of the molecule is OC(Cc1sccc1Br)C1CCCCCCC1. The van der Waals surface area contributed by atoms with Crippen LogP contribution in [0, 0.1) is 5.92 Å². The van der Waals surface area contributed by atoms with Crippen LogP contribution in [0.5, 0.6) is 0 Å². The monoisotopic (exact) mass is 316 g/mol. The molecule has 1 heterocycles. The summed E-state index contributed by atoms with van der Waals surface area (Å²) in [6.07, 6.45) is 9.79. The van der Waals surface area contributed by atoms with Gasteiger partial charge in [-0.05, 0) is 46.1 Å². The molecule has 1 fully saturated rings. The van der Waals surface area contributed by atoms with Gasteiger partial charge in [0.1, 0.15) is 0 Å². The van der Waals surface area contributed by atoms with Gasteiger partial charge in [-0.25, -0.2) is 0 Å². The van der Waals surface area contributed by atoms with Gasteiger partial charge in [0.05, 0.1) is 6.10 Å². The lowest BCUT2D eigenvalue weighted by Crippen LogP contribution is -2.23. The molecule has 0 spiro atoms. The van der Waals surface area contributed by atoms with Crippen LogP contribution < -0.4 is 0 Å². The first kappa shape index (κ1) is 13.6. The minimum atomic E-state index is -0.150. The first-order valence-corrected chi connectivity index (χ1v) is 8.34. The number of aliphatic hydroxyl groups excluding tert-OH is 1. The molecule has 0 amide bonds. The third kappa shape index (κ3) is 4.08. The maximum absolute atomic E-state index is 10.4. The predicted molar refractivity (Wildman–Crippen MR) is 77.5 cm³/mol. The quantitative estimate of drug-likeness (QED) is 0.851. The average molecular weight is 317 g/mol. The maximum atomic E-state index is 10.4. The van der Waals surface area contributed by atoms with E-state index in [4.69, 9.17) is 0 Å². The van der Waals surface area contributed by atoms with Gasteiger partial charge in [-0.1, -0.05) is 32.1 Å². The summed E-state index contributed by atoms with van der Waals surface area (Å²) in [4.78, 5) is 1.29. The molecule has 1 aromatic rings. The van der Waals surface area contributed by atoms with Crippen molar-refractivity contribution in [3.63, 3.8) is 0 Å². The number of aliphatic hydroxyl groups is 1. The van der Waals surface area contributed by atoms with Crippen LogP contribution >= 0.6 is 27.3 Å². The molecule has 0 radical (unpaired) electrons. The van der Waals surface area contributed by atoms with E-state index in [1.807, 2.05) is 0 Å². The molecule has 3 heteroatoms. The molecule has 0 saturated heterocycles. The van der Waals surface area contributed by atoms with E-state index in [1.165, 1.54) is 49.8 Å². The average Bonchev–Trinajstić information content (AvgIpc) is 2.63. The van der Waals surface area contributed by atoms with Crippen molar-refractivity contribution in [3.8, 4) is 0 Å². The van der Waals surface area contributed by atoms with Crippen LogP contribution in [-0.2, 0) is 6.42 Å². The van der Waals surface area contributed by atoms with E-state index in [0.717, 1.165) is 10.9 Å². The first-order valence-electron chi connectivity index (χ1n) is 6.67. The van der Waals surface area contributed by atoms with E-state index in [0.29, 0.717) is 5.92 Å². The summed E-state index contributed by atoms with van der Waals surface area (Å²) in [5.74, 6) is 0.518. The van der Waals surface area contributed by atoms with Crippen molar-refractivity contribution in [1.82, 2.24) is 0 Å². The van der Waals surface area contributed by atoms with Gasteiger partial charge in [0, 0.05) is 15.8 Å². The molecule has 1 unspecified atom stereocenters. The predicted octanol–water partition coefficient (Wildman–Crippen LogP) is 4.77. The highest BCUT2D eigenvalue weighted by Crippen LogP contribution is 2.30. The van der Waals surface area contributed by atoms with Gasteiger partial charge in [-0.2, -0.15) is 0 Å². The highest BCUT2D eigenvalue weighted by Gasteiger charge is 2.21. The van der Waals surface area contributed by atoms with E-state index >= 15 is 0 Å². The van der Waals surface area contributed by atoms with E-state index in [2.05, 4.69) is 27.4 Å². The Bertz CT molecular complexity index is 329. The minimum Gasteiger partial charge on any atom is -0.392 e. The standard InChI is InChI=1S/C14H21BrOS/c15-12-8-9-17-14(12)10-13(16)11-6-4-2-1-3-5-7-11/h8-9,11,13,16H,1-7,10H2. The van der Waals surface area contributed by atoms with Crippen molar-refractivity contribution in [2.24, 2.45) is 5.92 Å². The molecule has 0 aliphatic heterocycles. The summed E-state index contributed by atoms with van der Waals surface area (Å²) >= 11 is 5.29. The third-order valence-corrected chi connectivity index (χ3v) is 5.73. The zero-order chi connectivity index (χ0) is 12.1. The molecule has 1 nitrogen and oxygen atoms in total. The second kappa shape index (κ2) is 6.91. The Morgan fingerprint density at radius 2 is 1.88 bits per heavy atom. The third-order valence-electron chi connectivity index (χ3n) is 3.78. The smallest absolute Gasteiger partial charge is 0.0616 e. The first-order chi connectivity index (χ1) is 8.27. The Balaban J connectivity index is 1.89. The molecular formula is C14H21BrOS. The summed E-state index contributed by atoms with van der Waals surface area (Å²) in [5.41, 5.74) is 0. The van der Waals surface area contributed by atoms with Gasteiger partial charge >= 0.3 is 0 Å². The summed E-state index contributed by atoms with van der Waals surface area (Å²) < 4.78 is 1.16. The summed E-state index contributed by atoms with van der Waals surface area (Å²) in [7, 11) is 0. The van der Waals surface area contributed by atoms with Crippen LogP contribution in [0.4, 0.5) is 0 Å². The molecule has 1 N–H and O–H groups in total. The van der Waals surface area contributed by atoms with Gasteiger partial charge in [0.2, 0.25) is 0 Å². The lowest BCUT2D eigenvalue weighted by Gasteiger charge is -2.24. The Morgan fingerprint density at radius 1 is 1.24 bits per heavy atom. The highest BCUT2D eigenvalue weighted by atomic mass is 79.9. The number of thiophene rings is 1. The molecule has 1 aliphatic rings. The molecule has 2 rings (SSSR count). The molecule has 1 aliphatic carbocycles. The number of rotatable bonds is 3. The van der Waals surface area contributed by atoms with E-state index < -0.39 is 0 Å². The van der Waals surface area contributed by atoms with E-state index in [9.17, 15) is 5.11 Å². The second-order valence-corrected chi connectivity index (χ2v) is 6.92. The lowest BCUT2D eigenvalue weighted by atomic mass is 9.86.